The van der Waals surface area contributed by atoms with Crippen molar-refractivity contribution < 1.29 is 14.3 Å². The summed E-state index contributed by atoms with van der Waals surface area (Å²) in [7, 11) is 3.62. The van der Waals surface area contributed by atoms with Crippen LogP contribution in [0, 0.1) is 6.92 Å². The van der Waals surface area contributed by atoms with Crippen LogP contribution in [-0.2, 0) is 23.1 Å². The molecule has 0 bridgehead atoms. The highest BCUT2D eigenvalue weighted by molar-refractivity contribution is 14.0. The Hall–Kier alpha value is -1.63. The van der Waals surface area contributed by atoms with Crippen LogP contribution in [-0.4, -0.2) is 75.7 Å². The number of rotatable bonds is 5. The van der Waals surface area contributed by atoms with E-state index in [1.165, 1.54) is 19.3 Å². The minimum absolute atomic E-state index is 0. The summed E-state index contributed by atoms with van der Waals surface area (Å²) in [4.78, 5) is 19.1. The minimum atomic E-state index is -0.533. The average molecular weight is 578 g/mol. The van der Waals surface area contributed by atoms with E-state index in [1.807, 2.05) is 39.3 Å². The third kappa shape index (κ3) is 7.97. The summed E-state index contributed by atoms with van der Waals surface area (Å²) >= 11 is 0. The van der Waals surface area contributed by atoms with Gasteiger partial charge in [0.25, 0.3) is 0 Å². The summed E-state index contributed by atoms with van der Waals surface area (Å²) < 4.78 is 13.2. The molecule has 1 aromatic rings. The molecular formula is C22H40IN7O3. The van der Waals surface area contributed by atoms with E-state index in [1.54, 1.807) is 12.0 Å². The van der Waals surface area contributed by atoms with E-state index in [2.05, 4.69) is 20.8 Å². The first kappa shape index (κ1) is 27.6. The number of carbonyl (C=O) groups excluding carboxylic acids is 1. The van der Waals surface area contributed by atoms with Crippen molar-refractivity contribution in [3.8, 4) is 0 Å². The number of halogens is 1. The number of methoxy groups -OCH3 is 1. The lowest BCUT2D eigenvalue weighted by Gasteiger charge is -2.28. The Bertz CT molecular complexity index is 802. The van der Waals surface area contributed by atoms with Gasteiger partial charge in [-0.25, -0.2) is 9.79 Å². The Morgan fingerprint density at radius 3 is 2.42 bits per heavy atom. The van der Waals surface area contributed by atoms with Crippen LogP contribution in [0.3, 0.4) is 0 Å². The van der Waals surface area contributed by atoms with Crippen LogP contribution in [0.15, 0.2) is 4.99 Å². The van der Waals surface area contributed by atoms with E-state index in [9.17, 15) is 4.79 Å². The molecule has 1 amide bonds. The maximum atomic E-state index is 12.6. The number of ether oxygens (including phenoxy) is 2. The van der Waals surface area contributed by atoms with E-state index in [-0.39, 0.29) is 42.2 Å². The zero-order chi connectivity index (χ0) is 23.3. The first-order valence-electron chi connectivity index (χ1n) is 11.6. The quantitative estimate of drug-likeness (QED) is 0.315. The zero-order valence-electron chi connectivity index (χ0n) is 20.8. The summed E-state index contributed by atoms with van der Waals surface area (Å²) in [5.74, 6) is 2.38. The van der Waals surface area contributed by atoms with Crippen molar-refractivity contribution in [1.29, 1.82) is 0 Å². The molecule has 1 saturated carbocycles. The average Bonchev–Trinajstić information content (AvgIpc) is 3.29. The molecule has 2 atom stereocenters. The second kappa shape index (κ2) is 12.2. The van der Waals surface area contributed by atoms with Crippen molar-refractivity contribution in [2.75, 3.05) is 20.2 Å². The molecule has 1 unspecified atom stereocenters. The summed E-state index contributed by atoms with van der Waals surface area (Å²) in [6, 6.07) is 0.296. The molecule has 2 aliphatic rings. The fraction of sp³-hybridized carbons (Fsp3) is 0.818. The van der Waals surface area contributed by atoms with E-state index < -0.39 is 5.60 Å². The van der Waals surface area contributed by atoms with Gasteiger partial charge in [0.05, 0.1) is 18.7 Å². The summed E-state index contributed by atoms with van der Waals surface area (Å²) in [6.07, 6.45) is 5.53. The molecule has 2 heterocycles. The van der Waals surface area contributed by atoms with Gasteiger partial charge in [0.15, 0.2) is 11.8 Å². The van der Waals surface area contributed by atoms with Gasteiger partial charge in [0.2, 0.25) is 0 Å². The number of hydrogen-bond donors (Lipinski definition) is 2. The number of nitrogens with zero attached hydrogens (tertiary/aromatic N) is 5. The number of aromatic nitrogens is 3. The van der Waals surface area contributed by atoms with Crippen molar-refractivity contribution in [3.05, 3.63) is 11.6 Å². The highest BCUT2D eigenvalue weighted by Gasteiger charge is 2.38. The van der Waals surface area contributed by atoms with E-state index >= 15 is 0 Å². The molecule has 2 N–H and O–H groups in total. The fourth-order valence-corrected chi connectivity index (χ4v) is 4.11. The first-order valence-corrected chi connectivity index (χ1v) is 11.6. The largest absolute Gasteiger partial charge is 0.444 e. The number of carbonyl (C=O) groups is 1. The third-order valence-corrected chi connectivity index (χ3v) is 6.05. The number of hydrogen-bond acceptors (Lipinski definition) is 6. The SMILES string of the molecule is CO[C@H]1CN(C(=O)OC(C)(C)C)CC1NC(=NCc1nnc(C)n1C)NC1CCCCC1.I. The summed E-state index contributed by atoms with van der Waals surface area (Å²) in [5.41, 5.74) is -0.533. The van der Waals surface area contributed by atoms with Gasteiger partial charge in [-0.1, -0.05) is 19.3 Å². The second-order valence-electron chi connectivity index (χ2n) is 9.78. The van der Waals surface area contributed by atoms with Gasteiger partial charge >= 0.3 is 6.09 Å². The highest BCUT2D eigenvalue weighted by atomic mass is 127. The van der Waals surface area contributed by atoms with Gasteiger partial charge in [-0.3, -0.25) is 0 Å². The van der Waals surface area contributed by atoms with Gasteiger partial charge in [0.1, 0.15) is 18.0 Å². The Morgan fingerprint density at radius 1 is 1.15 bits per heavy atom. The van der Waals surface area contributed by atoms with Crippen molar-refractivity contribution in [2.45, 2.75) is 90.1 Å². The number of guanidine groups is 1. The van der Waals surface area contributed by atoms with Crippen molar-refractivity contribution in [1.82, 2.24) is 30.3 Å². The first-order chi connectivity index (χ1) is 15.2. The zero-order valence-corrected chi connectivity index (χ0v) is 23.1. The molecule has 0 aromatic carbocycles. The second-order valence-corrected chi connectivity index (χ2v) is 9.78. The molecule has 1 aliphatic heterocycles. The lowest BCUT2D eigenvalue weighted by Crippen LogP contribution is -2.52. The van der Waals surface area contributed by atoms with Crippen LogP contribution in [0.25, 0.3) is 0 Å². The predicted molar refractivity (Wildman–Crippen MR) is 138 cm³/mol. The third-order valence-electron chi connectivity index (χ3n) is 6.05. The van der Waals surface area contributed by atoms with Crippen LogP contribution in [0.1, 0.15) is 64.5 Å². The van der Waals surface area contributed by atoms with Crippen molar-refractivity contribution in [2.24, 2.45) is 12.0 Å². The number of aliphatic imine (C=N–C) groups is 1. The van der Waals surface area contributed by atoms with E-state index in [4.69, 9.17) is 14.5 Å². The molecule has 3 rings (SSSR count). The molecule has 0 radical (unpaired) electrons. The number of amides is 1. The molecule has 2 fully saturated rings. The molecular weight excluding hydrogens is 537 g/mol. The lowest BCUT2D eigenvalue weighted by molar-refractivity contribution is 0.0252. The van der Waals surface area contributed by atoms with Crippen LogP contribution in [0.2, 0.25) is 0 Å². The van der Waals surface area contributed by atoms with E-state index in [0.717, 1.165) is 30.5 Å². The Kier molecular flexibility index (Phi) is 10.2. The van der Waals surface area contributed by atoms with Crippen molar-refractivity contribution >= 4 is 36.0 Å². The number of likely N-dealkylation sites (tertiary alicyclic amines) is 1. The molecule has 1 aromatic heterocycles. The van der Waals surface area contributed by atoms with Gasteiger partial charge in [-0.2, -0.15) is 0 Å². The summed E-state index contributed by atoms with van der Waals surface area (Å²) in [6.45, 7) is 8.92. The minimum Gasteiger partial charge on any atom is -0.444 e. The molecule has 33 heavy (non-hydrogen) atoms. The Morgan fingerprint density at radius 2 is 1.85 bits per heavy atom. The van der Waals surface area contributed by atoms with Crippen LogP contribution >= 0.6 is 24.0 Å². The standard InChI is InChI=1S/C22H39N7O3.HI/c1-15-26-27-19(28(15)5)12-23-20(24-16-10-8-7-9-11-16)25-17-13-29(14-18(17)31-6)21(30)32-22(2,3)4;/h16-18H,7-14H2,1-6H3,(H2,23,24,25);1H/t17?,18-;/m0./s1. The maximum absolute atomic E-state index is 12.6. The summed E-state index contributed by atoms with van der Waals surface area (Å²) in [5, 5.41) is 15.5. The monoisotopic (exact) mass is 577 g/mol. The van der Waals surface area contributed by atoms with Crippen LogP contribution in [0.4, 0.5) is 4.79 Å². The van der Waals surface area contributed by atoms with Gasteiger partial charge in [-0.05, 0) is 40.5 Å². The normalized spacial score (nSPS) is 22.1. The number of aryl methyl sites for hydroxylation is 1. The number of nitrogens with one attached hydrogen (secondary N) is 2. The molecule has 11 heteroatoms. The Balaban J connectivity index is 0.00000385. The van der Waals surface area contributed by atoms with Crippen LogP contribution < -0.4 is 10.6 Å². The lowest BCUT2D eigenvalue weighted by atomic mass is 9.96. The molecule has 1 aliphatic carbocycles. The highest BCUT2D eigenvalue weighted by Crippen LogP contribution is 2.19. The van der Waals surface area contributed by atoms with Crippen LogP contribution in [0.5, 0.6) is 0 Å². The smallest absolute Gasteiger partial charge is 0.410 e. The Labute approximate surface area is 214 Å². The van der Waals surface area contributed by atoms with E-state index in [0.29, 0.717) is 25.7 Å². The topological polar surface area (TPSA) is 106 Å². The van der Waals surface area contributed by atoms with Crippen molar-refractivity contribution in [3.63, 3.8) is 0 Å². The van der Waals surface area contributed by atoms with Gasteiger partial charge < -0.3 is 29.6 Å². The molecule has 10 nitrogen and oxygen atoms in total. The molecule has 0 spiro atoms. The van der Waals surface area contributed by atoms with Gasteiger partial charge in [-0.15, -0.1) is 34.2 Å². The maximum Gasteiger partial charge on any atom is 0.410 e. The van der Waals surface area contributed by atoms with Gasteiger partial charge in [0, 0.05) is 26.7 Å². The predicted octanol–water partition coefficient (Wildman–Crippen LogP) is 2.74. The molecule has 1 saturated heterocycles. The fourth-order valence-electron chi connectivity index (χ4n) is 4.11. The molecule has 188 valence electrons.